The number of rotatable bonds is 2. The lowest BCUT2D eigenvalue weighted by Crippen LogP contribution is -2.47. The largest absolute Gasteiger partial charge is 0.446 e. The van der Waals surface area contributed by atoms with Crippen molar-refractivity contribution in [3.05, 3.63) is 29.8 Å². The molecule has 4 heterocycles. The van der Waals surface area contributed by atoms with E-state index in [9.17, 15) is 4.79 Å². The van der Waals surface area contributed by atoms with Crippen LogP contribution in [-0.4, -0.2) is 41.5 Å². The number of amides is 1. The SMILES string of the molecule is C#Cc1cc2cc(C(=O)N[C@@H]3C[C@@H]4CCN(C4)C3)ncc2o1. The fraction of sp³-hybridized carbons (Fsp3) is 0.412. The van der Waals surface area contributed by atoms with E-state index in [1.807, 2.05) is 0 Å². The topological polar surface area (TPSA) is 58.4 Å². The molecule has 3 atom stereocenters. The number of carbonyl (C=O) groups excluding carboxylic acids is 1. The summed E-state index contributed by atoms with van der Waals surface area (Å²) < 4.78 is 5.40. The van der Waals surface area contributed by atoms with Crippen LogP contribution in [0.4, 0.5) is 0 Å². The molecule has 0 aromatic carbocycles. The minimum absolute atomic E-state index is 0.127. The van der Waals surface area contributed by atoms with Crippen molar-refractivity contribution in [3.63, 3.8) is 0 Å². The van der Waals surface area contributed by atoms with Crippen molar-refractivity contribution in [3.8, 4) is 12.3 Å². The second-order valence-corrected chi connectivity index (χ2v) is 6.18. The van der Waals surface area contributed by atoms with Gasteiger partial charge in [-0.15, -0.1) is 6.42 Å². The highest BCUT2D eigenvalue weighted by Crippen LogP contribution is 2.27. The van der Waals surface area contributed by atoms with E-state index in [0.29, 0.717) is 17.0 Å². The van der Waals surface area contributed by atoms with Gasteiger partial charge in [-0.25, -0.2) is 4.98 Å². The molecule has 5 nitrogen and oxygen atoms in total. The summed E-state index contributed by atoms with van der Waals surface area (Å²) in [5, 5.41) is 3.91. The number of terminal acetylenes is 1. The molecule has 0 radical (unpaired) electrons. The first-order chi connectivity index (χ1) is 10.7. The van der Waals surface area contributed by atoms with Gasteiger partial charge in [0, 0.05) is 30.6 Å². The third kappa shape index (κ3) is 2.36. The number of fused-ring (bicyclic) bond motifs is 3. The second-order valence-electron chi connectivity index (χ2n) is 6.18. The van der Waals surface area contributed by atoms with Crippen LogP contribution in [-0.2, 0) is 0 Å². The maximum Gasteiger partial charge on any atom is 0.270 e. The van der Waals surface area contributed by atoms with Crippen molar-refractivity contribution in [1.29, 1.82) is 0 Å². The van der Waals surface area contributed by atoms with Crippen LogP contribution in [0.2, 0.25) is 0 Å². The Morgan fingerprint density at radius 2 is 2.36 bits per heavy atom. The molecule has 1 amide bonds. The van der Waals surface area contributed by atoms with E-state index >= 15 is 0 Å². The maximum atomic E-state index is 12.4. The monoisotopic (exact) mass is 295 g/mol. The van der Waals surface area contributed by atoms with Gasteiger partial charge in [0.05, 0.1) is 6.20 Å². The summed E-state index contributed by atoms with van der Waals surface area (Å²) in [5.41, 5.74) is 1.01. The summed E-state index contributed by atoms with van der Waals surface area (Å²) in [4.78, 5) is 19.0. The summed E-state index contributed by atoms with van der Waals surface area (Å²) in [7, 11) is 0. The summed E-state index contributed by atoms with van der Waals surface area (Å²) in [5.74, 6) is 3.49. The lowest BCUT2D eigenvalue weighted by atomic mass is 9.97. The first-order valence-electron chi connectivity index (χ1n) is 7.60. The molecule has 2 aliphatic heterocycles. The van der Waals surface area contributed by atoms with E-state index in [4.69, 9.17) is 10.8 Å². The van der Waals surface area contributed by atoms with Crippen LogP contribution in [0.25, 0.3) is 11.0 Å². The van der Waals surface area contributed by atoms with Gasteiger partial charge in [0.1, 0.15) is 5.69 Å². The first-order valence-corrected chi connectivity index (χ1v) is 7.60. The minimum Gasteiger partial charge on any atom is -0.446 e. The Labute approximate surface area is 128 Å². The number of hydrogen-bond donors (Lipinski definition) is 1. The van der Waals surface area contributed by atoms with Crippen LogP contribution in [0.15, 0.2) is 22.7 Å². The third-order valence-electron chi connectivity index (χ3n) is 4.58. The van der Waals surface area contributed by atoms with Gasteiger partial charge < -0.3 is 14.6 Å². The van der Waals surface area contributed by atoms with Gasteiger partial charge in [0.2, 0.25) is 0 Å². The number of nitrogens with zero attached hydrogens (tertiary/aromatic N) is 2. The molecular formula is C17H17N3O2. The fourth-order valence-corrected chi connectivity index (χ4v) is 3.56. The van der Waals surface area contributed by atoms with Gasteiger partial charge in [-0.05, 0) is 37.3 Å². The molecule has 1 N–H and O–H groups in total. The second kappa shape index (κ2) is 5.15. The van der Waals surface area contributed by atoms with Crippen molar-refractivity contribution in [2.75, 3.05) is 19.6 Å². The number of carbonyl (C=O) groups is 1. The number of furan rings is 1. The van der Waals surface area contributed by atoms with E-state index in [2.05, 4.69) is 21.1 Å². The number of piperidine rings is 1. The molecule has 2 bridgehead atoms. The Morgan fingerprint density at radius 3 is 3.18 bits per heavy atom. The Bertz CT molecular complexity index is 762. The van der Waals surface area contributed by atoms with Gasteiger partial charge in [-0.1, -0.05) is 0 Å². The van der Waals surface area contributed by atoms with Crippen molar-refractivity contribution >= 4 is 16.9 Å². The van der Waals surface area contributed by atoms with E-state index < -0.39 is 0 Å². The molecular weight excluding hydrogens is 278 g/mol. The number of pyridine rings is 1. The molecule has 2 aliphatic rings. The highest BCUT2D eigenvalue weighted by atomic mass is 16.3. The average Bonchev–Trinajstić information content (AvgIpc) is 3.09. The van der Waals surface area contributed by atoms with Crippen LogP contribution in [0.1, 0.15) is 29.1 Å². The minimum atomic E-state index is -0.127. The molecule has 112 valence electrons. The Morgan fingerprint density at radius 1 is 1.45 bits per heavy atom. The van der Waals surface area contributed by atoms with E-state index in [0.717, 1.165) is 30.8 Å². The van der Waals surface area contributed by atoms with Crippen LogP contribution >= 0.6 is 0 Å². The molecule has 0 aliphatic carbocycles. The molecule has 2 aromatic heterocycles. The predicted molar refractivity (Wildman–Crippen MR) is 82.4 cm³/mol. The third-order valence-corrected chi connectivity index (χ3v) is 4.58. The van der Waals surface area contributed by atoms with Gasteiger partial charge >= 0.3 is 0 Å². The fourth-order valence-electron chi connectivity index (χ4n) is 3.56. The lowest BCUT2D eigenvalue weighted by Gasteiger charge is -2.30. The van der Waals surface area contributed by atoms with Crippen LogP contribution in [0.3, 0.4) is 0 Å². The number of nitrogens with one attached hydrogen (secondary N) is 1. The molecule has 5 heteroatoms. The molecule has 0 spiro atoms. The van der Waals surface area contributed by atoms with E-state index in [1.54, 1.807) is 18.3 Å². The Kier molecular flexibility index (Phi) is 3.12. The molecule has 2 fully saturated rings. The Hall–Kier alpha value is -2.32. The van der Waals surface area contributed by atoms with Gasteiger partial charge in [0.25, 0.3) is 5.91 Å². The summed E-state index contributed by atoms with van der Waals surface area (Å²) >= 11 is 0. The molecule has 2 saturated heterocycles. The smallest absolute Gasteiger partial charge is 0.270 e. The van der Waals surface area contributed by atoms with Gasteiger partial charge in [0.15, 0.2) is 11.3 Å². The zero-order chi connectivity index (χ0) is 15.1. The average molecular weight is 295 g/mol. The quantitative estimate of drug-likeness (QED) is 0.856. The summed E-state index contributed by atoms with van der Waals surface area (Å²) in [6.07, 6.45) is 9.19. The molecule has 1 unspecified atom stereocenters. The highest BCUT2D eigenvalue weighted by molar-refractivity contribution is 5.95. The van der Waals surface area contributed by atoms with E-state index in [-0.39, 0.29) is 11.9 Å². The molecule has 0 saturated carbocycles. The van der Waals surface area contributed by atoms with Crippen molar-refractivity contribution in [2.24, 2.45) is 5.92 Å². The molecule has 22 heavy (non-hydrogen) atoms. The number of aromatic nitrogens is 1. The molecule has 4 rings (SSSR count). The van der Waals surface area contributed by atoms with Gasteiger partial charge in [-0.2, -0.15) is 0 Å². The highest BCUT2D eigenvalue weighted by Gasteiger charge is 2.33. The van der Waals surface area contributed by atoms with E-state index in [1.165, 1.54) is 13.0 Å². The van der Waals surface area contributed by atoms with Crippen molar-refractivity contribution in [2.45, 2.75) is 18.9 Å². The van der Waals surface area contributed by atoms with Gasteiger partial charge in [-0.3, -0.25) is 4.79 Å². The Balaban J connectivity index is 1.51. The molecule has 2 aromatic rings. The summed E-state index contributed by atoms with van der Waals surface area (Å²) in [6.45, 7) is 3.28. The van der Waals surface area contributed by atoms with Crippen molar-refractivity contribution in [1.82, 2.24) is 15.2 Å². The van der Waals surface area contributed by atoms with Crippen LogP contribution in [0, 0.1) is 18.3 Å². The number of hydrogen-bond acceptors (Lipinski definition) is 4. The van der Waals surface area contributed by atoms with Crippen LogP contribution < -0.4 is 5.32 Å². The lowest BCUT2D eigenvalue weighted by molar-refractivity contribution is 0.0904. The standard InChI is InChI=1S/C17H17N3O2/c1-2-14-6-12-7-15(18-8-16(12)22-14)17(21)19-13-5-11-3-4-20(9-11)10-13/h1,6-8,11,13H,3-5,9-10H2,(H,19,21)/t11-,13+/m0/s1. The summed E-state index contributed by atoms with van der Waals surface area (Å²) in [6, 6.07) is 3.70. The zero-order valence-electron chi connectivity index (χ0n) is 12.2. The predicted octanol–water partition coefficient (Wildman–Crippen LogP) is 1.63. The first kappa shape index (κ1) is 13.4. The maximum absolute atomic E-state index is 12.4. The van der Waals surface area contributed by atoms with Crippen molar-refractivity contribution < 1.29 is 9.21 Å². The normalized spacial score (nSPS) is 26.8. The van der Waals surface area contributed by atoms with Crippen LogP contribution in [0.5, 0.6) is 0 Å². The zero-order valence-corrected chi connectivity index (χ0v) is 12.2.